The molecule has 0 radical (unpaired) electrons. The Bertz CT molecular complexity index is 729. The van der Waals surface area contributed by atoms with Gasteiger partial charge in [0.25, 0.3) is 0 Å². The van der Waals surface area contributed by atoms with Gasteiger partial charge in [-0.15, -0.1) is 0 Å². The van der Waals surface area contributed by atoms with Crippen LogP contribution in [0.3, 0.4) is 0 Å². The molecule has 18 heavy (non-hydrogen) atoms. The second-order valence-corrected chi connectivity index (χ2v) is 6.61. The number of hydrogen-bond donors (Lipinski definition) is 0. The fourth-order valence-electron chi connectivity index (χ4n) is 1.41. The van der Waals surface area contributed by atoms with E-state index in [9.17, 15) is 13.2 Å². The first-order chi connectivity index (χ1) is 8.35. The Balaban J connectivity index is 2.55. The largest absolute Gasteiger partial charge is 0.519 e. The van der Waals surface area contributed by atoms with Crippen LogP contribution >= 0.6 is 22.3 Å². The van der Waals surface area contributed by atoms with Crippen molar-refractivity contribution in [1.82, 2.24) is 0 Å². The highest BCUT2D eigenvalue weighted by molar-refractivity contribution is 8.13. The Morgan fingerprint density at radius 3 is 2.56 bits per heavy atom. The van der Waals surface area contributed by atoms with Gasteiger partial charge in [0.2, 0.25) is 9.05 Å². The number of hydrogen-bond acceptors (Lipinski definition) is 5. The molecule has 0 bridgehead atoms. The van der Waals surface area contributed by atoms with E-state index in [-0.39, 0.29) is 11.5 Å². The van der Waals surface area contributed by atoms with Crippen molar-refractivity contribution < 1.29 is 17.3 Å². The maximum atomic E-state index is 11.1. The highest BCUT2D eigenvalue weighted by Crippen LogP contribution is 2.27. The highest BCUT2D eigenvalue weighted by atomic mass is 35.7. The predicted molar refractivity (Wildman–Crippen MR) is 66.2 cm³/mol. The molecular formula is C10H6Cl2O5S. The van der Waals surface area contributed by atoms with E-state index in [0.29, 0.717) is 10.6 Å². The summed E-state index contributed by atoms with van der Waals surface area (Å²) in [6, 6.07) is 6.37. The molecule has 0 aliphatic rings. The fourth-order valence-corrected chi connectivity index (χ4v) is 2.40. The minimum Gasteiger partial charge on any atom is -0.394 e. The second kappa shape index (κ2) is 4.79. The minimum atomic E-state index is -3.86. The lowest BCUT2D eigenvalue weighted by Crippen LogP contribution is -1.95. The Morgan fingerprint density at radius 2 is 1.94 bits per heavy atom. The first-order valence-electron chi connectivity index (χ1n) is 4.66. The van der Waals surface area contributed by atoms with Gasteiger partial charge in [0.1, 0.15) is 5.75 Å². The van der Waals surface area contributed by atoms with Crippen molar-refractivity contribution in [3.63, 3.8) is 0 Å². The highest BCUT2D eigenvalue weighted by Gasteiger charge is 2.20. The lowest BCUT2D eigenvalue weighted by atomic mass is 10.1. The zero-order valence-electron chi connectivity index (χ0n) is 8.72. The molecular weight excluding hydrogens is 303 g/mol. The van der Waals surface area contributed by atoms with Crippen molar-refractivity contribution in [2.75, 3.05) is 0 Å². The third-order valence-corrected chi connectivity index (χ3v) is 3.20. The van der Waals surface area contributed by atoms with Gasteiger partial charge < -0.3 is 8.83 Å². The fraction of sp³-hybridized carbons (Fsp3) is 0.100. The van der Waals surface area contributed by atoms with Crippen LogP contribution in [0.5, 0.6) is 0 Å². The smallest absolute Gasteiger partial charge is 0.394 e. The van der Waals surface area contributed by atoms with Gasteiger partial charge in [-0.05, 0) is 12.1 Å². The molecule has 0 aliphatic carbocycles. The molecule has 0 saturated heterocycles. The molecule has 0 spiro atoms. The van der Waals surface area contributed by atoms with Gasteiger partial charge in [0.15, 0.2) is 11.5 Å². The molecule has 0 amide bonds. The molecule has 0 aliphatic heterocycles. The maximum absolute atomic E-state index is 11.1. The topological polar surface area (TPSA) is 77.5 Å². The molecule has 0 saturated carbocycles. The normalized spacial score (nSPS) is 11.7. The molecule has 1 aromatic heterocycles. The van der Waals surface area contributed by atoms with Crippen LogP contribution in [0.25, 0.3) is 11.3 Å². The van der Waals surface area contributed by atoms with E-state index in [1.165, 1.54) is 6.07 Å². The van der Waals surface area contributed by atoms with Crippen molar-refractivity contribution in [3.05, 3.63) is 45.7 Å². The van der Waals surface area contributed by atoms with Crippen LogP contribution in [0, 0.1) is 0 Å². The van der Waals surface area contributed by atoms with E-state index in [0.717, 1.165) is 0 Å². The van der Waals surface area contributed by atoms with Crippen LogP contribution in [0.15, 0.2) is 37.9 Å². The first-order valence-corrected chi connectivity index (χ1v) is 7.52. The summed E-state index contributed by atoms with van der Waals surface area (Å²) in [5.74, 6) is -1.79. The van der Waals surface area contributed by atoms with E-state index < -0.39 is 20.6 Å². The monoisotopic (exact) mass is 308 g/mol. The third kappa shape index (κ3) is 3.16. The lowest BCUT2D eigenvalue weighted by Gasteiger charge is -1.98. The van der Waals surface area contributed by atoms with Crippen molar-refractivity contribution >= 4 is 31.3 Å². The number of rotatable bonds is 3. The quantitative estimate of drug-likeness (QED) is 0.814. The Morgan fingerprint density at radius 1 is 1.22 bits per heavy atom. The summed E-state index contributed by atoms with van der Waals surface area (Å²) in [5, 5.41) is 0.413. The molecule has 5 nitrogen and oxygen atoms in total. The number of halogens is 2. The number of benzene rings is 1. The van der Waals surface area contributed by atoms with Gasteiger partial charge >= 0.3 is 5.82 Å². The van der Waals surface area contributed by atoms with E-state index in [1.54, 1.807) is 18.2 Å². The van der Waals surface area contributed by atoms with Gasteiger partial charge in [-0.25, -0.2) is 13.2 Å². The predicted octanol–water partition coefficient (Wildman–Crippen LogP) is 2.62. The average molecular weight is 309 g/mol. The Hall–Kier alpha value is -1.24. The van der Waals surface area contributed by atoms with Gasteiger partial charge in [-0.2, -0.15) is 0 Å². The van der Waals surface area contributed by atoms with Crippen LogP contribution in [0.2, 0.25) is 5.02 Å². The minimum absolute atomic E-state index is 0.00623. The molecule has 2 aromatic rings. The standard InChI is InChI=1S/C10H6Cl2O5S/c11-7-3-1-2-6(4-7)9-8(5-18(12,14)15)16-10(13)17-9/h1-4H,5H2. The van der Waals surface area contributed by atoms with Gasteiger partial charge in [0, 0.05) is 21.3 Å². The van der Waals surface area contributed by atoms with E-state index >= 15 is 0 Å². The molecule has 96 valence electrons. The van der Waals surface area contributed by atoms with Gasteiger partial charge in [-0.3, -0.25) is 0 Å². The Kier molecular flexibility index (Phi) is 3.52. The summed E-state index contributed by atoms with van der Waals surface area (Å²) < 4.78 is 31.4. The molecule has 0 fully saturated rings. The van der Waals surface area contributed by atoms with Gasteiger partial charge in [0.05, 0.1) is 0 Å². The zero-order chi connectivity index (χ0) is 13.3. The van der Waals surface area contributed by atoms with E-state index in [4.69, 9.17) is 26.7 Å². The summed E-state index contributed by atoms with van der Waals surface area (Å²) in [5.41, 5.74) is 0.434. The van der Waals surface area contributed by atoms with Crippen molar-refractivity contribution in [2.45, 2.75) is 5.75 Å². The molecule has 1 heterocycles. The van der Waals surface area contributed by atoms with Crippen LogP contribution in [0.4, 0.5) is 0 Å². The molecule has 1 aromatic carbocycles. The van der Waals surface area contributed by atoms with Crippen molar-refractivity contribution in [1.29, 1.82) is 0 Å². The third-order valence-electron chi connectivity index (χ3n) is 2.04. The second-order valence-electron chi connectivity index (χ2n) is 3.40. The molecule has 8 heteroatoms. The van der Waals surface area contributed by atoms with Crippen LogP contribution in [-0.4, -0.2) is 8.42 Å². The molecule has 2 rings (SSSR count). The SMILES string of the molecule is O=c1oc(CS(=O)(=O)Cl)c(-c2cccc(Cl)c2)o1. The summed E-state index contributed by atoms with van der Waals surface area (Å²) in [4.78, 5) is 11.1. The summed E-state index contributed by atoms with van der Waals surface area (Å²) in [6.07, 6.45) is 0. The van der Waals surface area contributed by atoms with Crippen molar-refractivity contribution in [2.24, 2.45) is 0 Å². The van der Waals surface area contributed by atoms with Crippen LogP contribution in [0.1, 0.15) is 5.76 Å². The summed E-state index contributed by atoms with van der Waals surface area (Å²) >= 11 is 5.79. The molecule has 0 N–H and O–H groups in total. The zero-order valence-corrected chi connectivity index (χ0v) is 11.1. The molecule has 0 unspecified atom stereocenters. The summed E-state index contributed by atoms with van der Waals surface area (Å²) in [7, 11) is 1.25. The summed E-state index contributed by atoms with van der Waals surface area (Å²) in [6.45, 7) is 0. The van der Waals surface area contributed by atoms with Crippen molar-refractivity contribution in [3.8, 4) is 11.3 Å². The maximum Gasteiger partial charge on any atom is 0.519 e. The first kappa shape index (κ1) is 13.2. The lowest BCUT2D eigenvalue weighted by molar-refractivity contribution is 0.380. The molecule has 0 atom stereocenters. The Labute approximate surface area is 111 Å². The van der Waals surface area contributed by atoms with E-state index in [2.05, 4.69) is 4.42 Å². The van der Waals surface area contributed by atoms with Gasteiger partial charge in [-0.1, -0.05) is 23.7 Å². The van der Waals surface area contributed by atoms with Crippen LogP contribution < -0.4 is 5.82 Å². The van der Waals surface area contributed by atoms with Crippen LogP contribution in [-0.2, 0) is 14.8 Å². The van der Waals surface area contributed by atoms with E-state index in [1.807, 2.05) is 0 Å². The average Bonchev–Trinajstić information content (AvgIpc) is 2.56.